The zero-order valence-electron chi connectivity index (χ0n) is 11.7. The second-order valence-electron chi connectivity index (χ2n) is 5.21. The van der Waals surface area contributed by atoms with Gasteiger partial charge in [-0.25, -0.2) is 9.78 Å². The van der Waals surface area contributed by atoms with Crippen molar-refractivity contribution in [2.75, 3.05) is 11.4 Å². The molecule has 0 radical (unpaired) electrons. The van der Waals surface area contributed by atoms with Crippen LogP contribution in [-0.2, 0) is 0 Å². The molecule has 1 heterocycles. The molecule has 0 aromatic carbocycles. The Bertz CT molecular complexity index is 453. The molecule has 0 bridgehead atoms. The molecule has 1 aromatic rings. The Morgan fingerprint density at radius 3 is 2.68 bits per heavy atom. The molecule has 0 saturated heterocycles. The second kappa shape index (κ2) is 6.04. The van der Waals surface area contributed by atoms with E-state index in [1.807, 2.05) is 6.92 Å². The number of nitrogens with zero attached hydrogens (tertiary/aromatic N) is 2. The summed E-state index contributed by atoms with van der Waals surface area (Å²) in [7, 11) is 0. The van der Waals surface area contributed by atoms with Gasteiger partial charge < -0.3 is 10.0 Å². The van der Waals surface area contributed by atoms with Gasteiger partial charge in [0.15, 0.2) is 0 Å². The SMILES string of the molecule is CCN(c1nccc(C)c1C(=O)O)C1CCCCC1. The number of rotatable bonds is 4. The summed E-state index contributed by atoms with van der Waals surface area (Å²) in [5.74, 6) is -0.239. The van der Waals surface area contributed by atoms with E-state index in [-0.39, 0.29) is 0 Å². The molecule has 1 saturated carbocycles. The van der Waals surface area contributed by atoms with Crippen LogP contribution >= 0.6 is 0 Å². The van der Waals surface area contributed by atoms with Crippen molar-refractivity contribution in [3.63, 3.8) is 0 Å². The third-order valence-corrected chi connectivity index (χ3v) is 3.98. The maximum atomic E-state index is 11.5. The first-order valence-corrected chi connectivity index (χ1v) is 7.10. The highest BCUT2D eigenvalue weighted by atomic mass is 16.4. The minimum absolute atomic E-state index is 0.356. The summed E-state index contributed by atoms with van der Waals surface area (Å²) < 4.78 is 0. The summed E-state index contributed by atoms with van der Waals surface area (Å²) in [5.41, 5.74) is 1.14. The van der Waals surface area contributed by atoms with Crippen LogP contribution in [0.2, 0.25) is 0 Å². The third-order valence-electron chi connectivity index (χ3n) is 3.98. The van der Waals surface area contributed by atoms with E-state index in [9.17, 15) is 9.90 Å². The van der Waals surface area contributed by atoms with Crippen molar-refractivity contribution in [3.05, 3.63) is 23.4 Å². The van der Waals surface area contributed by atoms with Gasteiger partial charge in [0.1, 0.15) is 11.4 Å². The normalized spacial score (nSPS) is 16.3. The van der Waals surface area contributed by atoms with Crippen LogP contribution in [0.4, 0.5) is 5.82 Å². The van der Waals surface area contributed by atoms with Crippen molar-refractivity contribution < 1.29 is 9.90 Å². The largest absolute Gasteiger partial charge is 0.478 e. The van der Waals surface area contributed by atoms with Gasteiger partial charge >= 0.3 is 5.97 Å². The topological polar surface area (TPSA) is 53.4 Å². The smallest absolute Gasteiger partial charge is 0.339 e. The van der Waals surface area contributed by atoms with Crippen molar-refractivity contribution >= 4 is 11.8 Å². The molecule has 1 aliphatic carbocycles. The quantitative estimate of drug-likeness (QED) is 0.905. The highest BCUT2D eigenvalue weighted by Gasteiger charge is 2.25. The number of carbonyl (C=O) groups is 1. The highest BCUT2D eigenvalue weighted by Crippen LogP contribution is 2.29. The van der Waals surface area contributed by atoms with E-state index in [0.29, 0.717) is 17.4 Å². The number of aromatic carboxylic acids is 1. The molecule has 1 N–H and O–H groups in total. The van der Waals surface area contributed by atoms with Gasteiger partial charge in [-0.1, -0.05) is 19.3 Å². The molecule has 1 aromatic heterocycles. The molecule has 1 aliphatic rings. The molecule has 4 nitrogen and oxygen atoms in total. The molecule has 0 atom stereocenters. The Labute approximate surface area is 114 Å². The molecule has 0 aliphatic heterocycles. The Kier molecular flexibility index (Phi) is 4.40. The van der Waals surface area contributed by atoms with Crippen LogP contribution in [0.15, 0.2) is 12.3 Å². The average Bonchev–Trinajstić information content (AvgIpc) is 2.40. The predicted octanol–water partition coefficient (Wildman–Crippen LogP) is 3.25. The summed E-state index contributed by atoms with van der Waals surface area (Å²) >= 11 is 0. The molecule has 4 heteroatoms. The van der Waals surface area contributed by atoms with Gasteiger partial charge in [-0.15, -0.1) is 0 Å². The zero-order valence-corrected chi connectivity index (χ0v) is 11.7. The number of hydrogen-bond acceptors (Lipinski definition) is 3. The molecular weight excluding hydrogens is 240 g/mol. The summed E-state index contributed by atoms with van der Waals surface area (Å²) in [6.07, 6.45) is 7.75. The van der Waals surface area contributed by atoms with Crippen LogP contribution < -0.4 is 4.90 Å². The fourth-order valence-electron chi connectivity index (χ4n) is 3.00. The van der Waals surface area contributed by atoms with Gasteiger partial charge in [-0.3, -0.25) is 0 Å². The van der Waals surface area contributed by atoms with E-state index in [4.69, 9.17) is 0 Å². The summed E-state index contributed by atoms with van der Waals surface area (Å²) in [5, 5.41) is 9.42. The molecule has 2 rings (SSSR count). The standard InChI is InChI=1S/C15H22N2O2/c1-3-17(12-7-5-4-6-8-12)14-13(15(18)19)11(2)9-10-16-14/h9-10,12H,3-8H2,1-2H3,(H,18,19). The lowest BCUT2D eigenvalue weighted by molar-refractivity contribution is 0.0696. The van der Waals surface area contributed by atoms with Crippen molar-refractivity contribution in [1.29, 1.82) is 0 Å². The minimum Gasteiger partial charge on any atom is -0.478 e. The first-order valence-electron chi connectivity index (χ1n) is 7.10. The van der Waals surface area contributed by atoms with Gasteiger partial charge in [-0.2, -0.15) is 0 Å². The van der Waals surface area contributed by atoms with E-state index < -0.39 is 5.97 Å². The van der Waals surface area contributed by atoms with Crippen molar-refractivity contribution in [3.8, 4) is 0 Å². The van der Waals surface area contributed by atoms with Gasteiger partial charge in [-0.05, 0) is 38.3 Å². The monoisotopic (exact) mass is 262 g/mol. The number of hydrogen-bond donors (Lipinski definition) is 1. The molecular formula is C15H22N2O2. The maximum absolute atomic E-state index is 11.5. The summed E-state index contributed by atoms with van der Waals surface area (Å²) in [6.45, 7) is 4.72. The number of anilines is 1. The first kappa shape index (κ1) is 13.8. The number of aryl methyl sites for hydroxylation is 1. The number of pyridine rings is 1. The highest BCUT2D eigenvalue weighted by molar-refractivity contribution is 5.95. The number of carboxylic acids is 1. The van der Waals surface area contributed by atoms with Crippen LogP contribution in [0.5, 0.6) is 0 Å². The average molecular weight is 262 g/mol. The minimum atomic E-state index is -0.880. The molecule has 0 spiro atoms. The lowest BCUT2D eigenvalue weighted by atomic mass is 9.93. The van der Waals surface area contributed by atoms with Crippen LogP contribution in [-0.4, -0.2) is 28.6 Å². The van der Waals surface area contributed by atoms with Gasteiger partial charge in [0.2, 0.25) is 0 Å². The lowest BCUT2D eigenvalue weighted by Crippen LogP contribution is -2.38. The fourth-order valence-corrected chi connectivity index (χ4v) is 3.00. The predicted molar refractivity (Wildman–Crippen MR) is 75.8 cm³/mol. The number of carboxylic acid groups (broad SMARTS) is 1. The Balaban J connectivity index is 2.37. The Morgan fingerprint density at radius 2 is 2.11 bits per heavy atom. The summed E-state index contributed by atoms with van der Waals surface area (Å²) in [4.78, 5) is 18.0. The van der Waals surface area contributed by atoms with Gasteiger partial charge in [0, 0.05) is 18.8 Å². The van der Waals surface area contributed by atoms with E-state index in [1.54, 1.807) is 12.3 Å². The van der Waals surface area contributed by atoms with E-state index in [0.717, 1.165) is 24.9 Å². The van der Waals surface area contributed by atoms with Crippen LogP contribution in [0.1, 0.15) is 54.9 Å². The van der Waals surface area contributed by atoms with Crippen LogP contribution in [0.25, 0.3) is 0 Å². The Morgan fingerprint density at radius 1 is 1.42 bits per heavy atom. The van der Waals surface area contributed by atoms with Gasteiger partial charge in [0.05, 0.1) is 0 Å². The second-order valence-corrected chi connectivity index (χ2v) is 5.21. The molecule has 0 unspecified atom stereocenters. The zero-order chi connectivity index (χ0) is 13.8. The first-order chi connectivity index (χ1) is 9.15. The van der Waals surface area contributed by atoms with E-state index >= 15 is 0 Å². The Hall–Kier alpha value is -1.58. The van der Waals surface area contributed by atoms with E-state index in [2.05, 4.69) is 16.8 Å². The molecule has 1 fully saturated rings. The molecule has 19 heavy (non-hydrogen) atoms. The fraction of sp³-hybridized carbons (Fsp3) is 0.600. The van der Waals surface area contributed by atoms with Crippen LogP contribution in [0, 0.1) is 6.92 Å². The van der Waals surface area contributed by atoms with Gasteiger partial charge in [0.25, 0.3) is 0 Å². The number of aromatic nitrogens is 1. The van der Waals surface area contributed by atoms with Crippen LogP contribution in [0.3, 0.4) is 0 Å². The van der Waals surface area contributed by atoms with Crippen molar-refractivity contribution in [1.82, 2.24) is 4.98 Å². The van der Waals surface area contributed by atoms with Crippen molar-refractivity contribution in [2.24, 2.45) is 0 Å². The molecule has 0 amide bonds. The van der Waals surface area contributed by atoms with E-state index in [1.165, 1.54) is 19.3 Å². The van der Waals surface area contributed by atoms with Crippen molar-refractivity contribution in [2.45, 2.75) is 52.0 Å². The maximum Gasteiger partial charge on any atom is 0.339 e. The summed E-state index contributed by atoms with van der Waals surface area (Å²) in [6, 6.07) is 2.20. The molecule has 104 valence electrons. The third kappa shape index (κ3) is 2.88. The lowest BCUT2D eigenvalue weighted by Gasteiger charge is -2.35.